The van der Waals surface area contributed by atoms with Crippen LogP contribution in [0.2, 0.25) is 5.02 Å². The van der Waals surface area contributed by atoms with Crippen molar-refractivity contribution in [3.63, 3.8) is 0 Å². The summed E-state index contributed by atoms with van der Waals surface area (Å²) in [6, 6.07) is 20.2. The van der Waals surface area contributed by atoms with Gasteiger partial charge in [0.05, 0.1) is 29.7 Å². The molecular formula is C24H20ClN5OS. The van der Waals surface area contributed by atoms with Gasteiger partial charge >= 0.3 is 0 Å². The van der Waals surface area contributed by atoms with E-state index < -0.39 is 0 Å². The predicted octanol–water partition coefficient (Wildman–Crippen LogP) is 4.86. The Labute approximate surface area is 196 Å². The van der Waals surface area contributed by atoms with Crippen molar-refractivity contribution in [2.45, 2.75) is 18.6 Å². The lowest BCUT2D eigenvalue weighted by Crippen LogP contribution is -2.30. The van der Waals surface area contributed by atoms with Crippen LogP contribution in [0.5, 0.6) is 5.75 Å². The molecule has 8 heteroatoms. The maximum absolute atomic E-state index is 10.7. The monoisotopic (exact) mass is 461 g/mol. The molecule has 1 aliphatic rings. The molecule has 1 saturated heterocycles. The van der Waals surface area contributed by atoms with Gasteiger partial charge < -0.3 is 19.9 Å². The van der Waals surface area contributed by atoms with E-state index in [0.717, 1.165) is 17.1 Å². The summed E-state index contributed by atoms with van der Waals surface area (Å²) in [5, 5.41) is 15.1. The Morgan fingerprint density at radius 2 is 1.81 bits per heavy atom. The maximum Gasteiger partial charge on any atom is 0.174 e. The van der Waals surface area contributed by atoms with Crippen molar-refractivity contribution in [2.75, 3.05) is 4.90 Å². The SMILES string of the molecule is Oc1ccc(Cl)cc1N1C(=S)N[C@@H](c2ccccn2)[C@H]1c1cccn1Cc1ccccn1. The van der Waals surface area contributed by atoms with E-state index in [1.807, 2.05) is 53.6 Å². The van der Waals surface area contributed by atoms with Gasteiger partial charge in [0.1, 0.15) is 11.8 Å². The quantitative estimate of drug-likeness (QED) is 0.414. The zero-order valence-electron chi connectivity index (χ0n) is 17.0. The number of aromatic hydroxyl groups is 1. The number of halogens is 1. The first-order chi connectivity index (χ1) is 15.6. The minimum Gasteiger partial charge on any atom is -0.506 e. The van der Waals surface area contributed by atoms with Crippen molar-refractivity contribution in [1.82, 2.24) is 19.9 Å². The molecule has 6 nitrogen and oxygen atoms in total. The third kappa shape index (κ3) is 3.81. The fourth-order valence-corrected chi connectivity index (χ4v) is 4.62. The second kappa shape index (κ2) is 8.61. The average Bonchev–Trinajstić information content (AvgIpc) is 3.40. The van der Waals surface area contributed by atoms with E-state index in [9.17, 15) is 5.11 Å². The number of pyridine rings is 2. The summed E-state index contributed by atoms with van der Waals surface area (Å²) in [6.45, 7) is 0.608. The third-order valence-electron chi connectivity index (χ3n) is 5.52. The second-order valence-electron chi connectivity index (χ2n) is 7.51. The molecule has 1 fully saturated rings. The minimum absolute atomic E-state index is 0.105. The molecule has 1 aromatic carbocycles. The number of hydrogen-bond donors (Lipinski definition) is 2. The van der Waals surface area contributed by atoms with E-state index in [2.05, 4.69) is 25.9 Å². The number of thiocarbonyl (C=S) groups is 1. The molecular weight excluding hydrogens is 442 g/mol. The number of benzene rings is 1. The van der Waals surface area contributed by atoms with Crippen LogP contribution in [0, 0.1) is 0 Å². The van der Waals surface area contributed by atoms with Crippen molar-refractivity contribution in [3.8, 4) is 5.75 Å². The number of hydrogen-bond acceptors (Lipinski definition) is 4. The lowest BCUT2D eigenvalue weighted by molar-refractivity contribution is 0.471. The van der Waals surface area contributed by atoms with E-state index in [1.165, 1.54) is 0 Å². The maximum atomic E-state index is 10.7. The molecule has 0 amide bonds. The third-order valence-corrected chi connectivity index (χ3v) is 6.07. The molecule has 1 aliphatic heterocycles. The summed E-state index contributed by atoms with van der Waals surface area (Å²) in [7, 11) is 0. The molecule has 0 unspecified atom stereocenters. The van der Waals surface area contributed by atoms with E-state index >= 15 is 0 Å². The number of phenols is 1. The molecule has 3 aromatic heterocycles. The molecule has 2 N–H and O–H groups in total. The topological polar surface area (TPSA) is 66.2 Å². The van der Waals surface area contributed by atoms with E-state index in [1.54, 1.807) is 30.6 Å². The molecule has 0 aliphatic carbocycles. The largest absolute Gasteiger partial charge is 0.506 e. The van der Waals surface area contributed by atoms with Crippen LogP contribution >= 0.6 is 23.8 Å². The highest BCUT2D eigenvalue weighted by Gasteiger charge is 2.42. The van der Waals surface area contributed by atoms with Gasteiger partial charge in [-0.05, 0) is 66.8 Å². The first-order valence-electron chi connectivity index (χ1n) is 10.2. The van der Waals surface area contributed by atoms with Crippen LogP contribution in [0.4, 0.5) is 5.69 Å². The van der Waals surface area contributed by atoms with Gasteiger partial charge in [0.15, 0.2) is 5.11 Å². The molecule has 32 heavy (non-hydrogen) atoms. The van der Waals surface area contributed by atoms with Crippen LogP contribution in [-0.2, 0) is 6.54 Å². The summed E-state index contributed by atoms with van der Waals surface area (Å²) in [5.41, 5.74) is 3.36. The molecule has 0 radical (unpaired) electrons. The molecule has 160 valence electrons. The fraction of sp³-hybridized carbons (Fsp3) is 0.125. The van der Waals surface area contributed by atoms with Gasteiger partial charge in [-0.3, -0.25) is 9.97 Å². The summed E-state index contributed by atoms with van der Waals surface area (Å²) in [4.78, 5) is 11.0. The van der Waals surface area contributed by atoms with Gasteiger partial charge in [-0.15, -0.1) is 0 Å². The van der Waals surface area contributed by atoms with Gasteiger partial charge in [0, 0.05) is 29.3 Å². The summed E-state index contributed by atoms with van der Waals surface area (Å²) < 4.78 is 2.15. The van der Waals surface area contributed by atoms with Gasteiger partial charge in [-0.1, -0.05) is 23.7 Å². The first-order valence-corrected chi connectivity index (χ1v) is 10.9. The first kappa shape index (κ1) is 20.5. The van der Waals surface area contributed by atoms with Gasteiger partial charge in [-0.2, -0.15) is 0 Å². The number of nitrogens with one attached hydrogen (secondary N) is 1. The smallest absolute Gasteiger partial charge is 0.174 e. The Kier molecular flexibility index (Phi) is 5.51. The van der Waals surface area contributed by atoms with E-state index in [-0.39, 0.29) is 17.8 Å². The highest BCUT2D eigenvalue weighted by molar-refractivity contribution is 7.80. The number of nitrogens with zero attached hydrogens (tertiary/aromatic N) is 4. The van der Waals surface area contributed by atoms with Crippen molar-refractivity contribution >= 4 is 34.6 Å². The molecule has 0 bridgehead atoms. The summed E-state index contributed by atoms with van der Waals surface area (Å²) >= 11 is 12.0. The van der Waals surface area contributed by atoms with Crippen LogP contribution in [0.1, 0.15) is 29.2 Å². The summed E-state index contributed by atoms with van der Waals surface area (Å²) in [5.74, 6) is 0.105. The van der Waals surface area contributed by atoms with Gasteiger partial charge in [0.25, 0.3) is 0 Å². The van der Waals surface area contributed by atoms with Crippen molar-refractivity contribution in [2.24, 2.45) is 0 Å². The lowest BCUT2D eigenvalue weighted by Gasteiger charge is -2.29. The van der Waals surface area contributed by atoms with Gasteiger partial charge in [-0.25, -0.2) is 0 Å². The van der Waals surface area contributed by atoms with Crippen molar-refractivity contribution in [1.29, 1.82) is 0 Å². The van der Waals surface area contributed by atoms with Crippen LogP contribution in [0.25, 0.3) is 0 Å². The second-order valence-corrected chi connectivity index (χ2v) is 8.33. The average molecular weight is 462 g/mol. The van der Waals surface area contributed by atoms with E-state index in [4.69, 9.17) is 23.8 Å². The molecule has 4 heterocycles. The minimum atomic E-state index is -0.263. The highest BCUT2D eigenvalue weighted by Crippen LogP contribution is 2.45. The Morgan fingerprint density at radius 3 is 2.56 bits per heavy atom. The van der Waals surface area contributed by atoms with Crippen LogP contribution in [0.15, 0.2) is 85.3 Å². The molecule has 0 saturated carbocycles. The number of aromatic nitrogens is 3. The highest BCUT2D eigenvalue weighted by atomic mass is 35.5. The molecule has 0 spiro atoms. The number of phenolic OH excluding ortho intramolecular Hbond substituents is 1. The molecule has 4 aromatic rings. The zero-order valence-corrected chi connectivity index (χ0v) is 18.5. The number of anilines is 1. The summed E-state index contributed by atoms with van der Waals surface area (Å²) in [6.07, 6.45) is 5.58. The zero-order chi connectivity index (χ0) is 22.1. The molecule has 2 atom stereocenters. The van der Waals surface area contributed by atoms with E-state index in [0.29, 0.717) is 22.4 Å². The standard InChI is InChI=1S/C24H20ClN5OS/c25-16-9-10-21(31)20(14-16)30-23(22(28-24(30)32)18-7-2-4-12-27-18)19-8-5-13-29(19)15-17-6-1-3-11-26-17/h1-14,22-23,31H,15H2,(H,28,32)/t22-,23+/m0/s1. The van der Waals surface area contributed by atoms with Crippen LogP contribution in [-0.4, -0.2) is 24.8 Å². The Balaban J connectivity index is 1.63. The van der Waals surface area contributed by atoms with Crippen LogP contribution < -0.4 is 10.2 Å². The predicted molar refractivity (Wildman–Crippen MR) is 129 cm³/mol. The van der Waals surface area contributed by atoms with Crippen molar-refractivity contribution < 1.29 is 5.11 Å². The fourth-order valence-electron chi connectivity index (χ4n) is 4.11. The Morgan fingerprint density at radius 1 is 1.00 bits per heavy atom. The molecule has 5 rings (SSSR count). The van der Waals surface area contributed by atoms with Gasteiger partial charge in [0.2, 0.25) is 0 Å². The van der Waals surface area contributed by atoms with Crippen molar-refractivity contribution in [3.05, 3.63) is 107 Å². The Hall–Kier alpha value is -3.42. The lowest BCUT2D eigenvalue weighted by atomic mass is 10.0. The van der Waals surface area contributed by atoms with Crippen LogP contribution in [0.3, 0.4) is 0 Å². The normalized spacial score (nSPS) is 18.0. The Bertz CT molecular complexity index is 1250. The number of rotatable bonds is 5.